The molecule has 0 aromatic heterocycles. The van der Waals surface area contributed by atoms with Crippen molar-refractivity contribution >= 4 is 6.08 Å². The van der Waals surface area contributed by atoms with Gasteiger partial charge in [-0.15, -0.1) is 0 Å². The summed E-state index contributed by atoms with van der Waals surface area (Å²) in [6, 6.07) is 8.25. The van der Waals surface area contributed by atoms with Crippen LogP contribution in [-0.2, 0) is 0 Å². The molecule has 1 heteroatoms. The summed E-state index contributed by atoms with van der Waals surface area (Å²) < 4.78 is 0. The first-order valence-electron chi connectivity index (χ1n) is 4.26. The quantitative estimate of drug-likeness (QED) is 0.724. The van der Waals surface area contributed by atoms with Crippen LogP contribution in [0, 0.1) is 0 Å². The summed E-state index contributed by atoms with van der Waals surface area (Å²) in [6.45, 7) is 5.84. The Bertz CT molecular complexity index is 265. The zero-order valence-electron chi connectivity index (χ0n) is 7.46. The zero-order chi connectivity index (χ0) is 8.97. The second kappa shape index (κ2) is 4.07. The van der Waals surface area contributed by atoms with Crippen molar-refractivity contribution < 1.29 is 0 Å². The third-order valence-corrected chi connectivity index (χ3v) is 2.06. The van der Waals surface area contributed by atoms with E-state index in [1.807, 2.05) is 24.3 Å². The Morgan fingerprint density at radius 1 is 1.50 bits per heavy atom. The molecule has 1 nitrogen and oxygen atoms in total. The highest BCUT2D eigenvalue weighted by Crippen LogP contribution is 2.18. The Morgan fingerprint density at radius 2 is 2.17 bits per heavy atom. The van der Waals surface area contributed by atoms with Gasteiger partial charge < -0.3 is 5.73 Å². The molecule has 1 aromatic rings. The van der Waals surface area contributed by atoms with Gasteiger partial charge in [0, 0.05) is 6.04 Å². The molecular formula is C11H15N. The summed E-state index contributed by atoms with van der Waals surface area (Å²) >= 11 is 0. The van der Waals surface area contributed by atoms with Crippen molar-refractivity contribution in [3.05, 3.63) is 42.0 Å². The lowest BCUT2D eigenvalue weighted by molar-refractivity contribution is 0.697. The second-order valence-electron chi connectivity index (χ2n) is 2.85. The largest absolute Gasteiger partial charge is 0.324 e. The SMILES string of the molecule is C=Cc1ccccc1[C@@H](N)CC. The normalized spacial score (nSPS) is 12.5. The summed E-state index contributed by atoms with van der Waals surface area (Å²) in [7, 11) is 0. The lowest BCUT2D eigenvalue weighted by Gasteiger charge is -2.11. The van der Waals surface area contributed by atoms with Gasteiger partial charge in [-0.1, -0.05) is 43.8 Å². The predicted octanol–water partition coefficient (Wildman–Crippen LogP) is 2.74. The van der Waals surface area contributed by atoms with E-state index >= 15 is 0 Å². The van der Waals surface area contributed by atoms with Crippen molar-refractivity contribution in [3.8, 4) is 0 Å². The molecule has 0 aliphatic heterocycles. The van der Waals surface area contributed by atoms with Gasteiger partial charge in [0.25, 0.3) is 0 Å². The first kappa shape index (κ1) is 9.01. The van der Waals surface area contributed by atoms with E-state index in [0.29, 0.717) is 0 Å². The Morgan fingerprint density at radius 3 is 2.75 bits per heavy atom. The van der Waals surface area contributed by atoms with Crippen molar-refractivity contribution in [2.75, 3.05) is 0 Å². The average molecular weight is 161 g/mol. The minimum absolute atomic E-state index is 0.138. The molecule has 0 unspecified atom stereocenters. The van der Waals surface area contributed by atoms with Gasteiger partial charge in [-0.05, 0) is 17.5 Å². The van der Waals surface area contributed by atoms with Crippen LogP contribution in [0.5, 0.6) is 0 Å². The van der Waals surface area contributed by atoms with Gasteiger partial charge in [-0.25, -0.2) is 0 Å². The molecule has 1 aromatic carbocycles. The molecule has 0 amide bonds. The van der Waals surface area contributed by atoms with Crippen LogP contribution in [0.3, 0.4) is 0 Å². The first-order chi connectivity index (χ1) is 5.79. The van der Waals surface area contributed by atoms with E-state index in [0.717, 1.165) is 12.0 Å². The van der Waals surface area contributed by atoms with Gasteiger partial charge in [0.1, 0.15) is 0 Å². The molecule has 0 fully saturated rings. The molecule has 1 atom stereocenters. The Kier molecular flexibility index (Phi) is 3.06. The average Bonchev–Trinajstić information content (AvgIpc) is 2.16. The van der Waals surface area contributed by atoms with Crippen LogP contribution < -0.4 is 5.73 Å². The van der Waals surface area contributed by atoms with Crippen LogP contribution in [0.25, 0.3) is 6.08 Å². The third kappa shape index (κ3) is 1.74. The molecule has 64 valence electrons. The Hall–Kier alpha value is -1.08. The predicted molar refractivity (Wildman–Crippen MR) is 53.8 cm³/mol. The fourth-order valence-corrected chi connectivity index (χ4v) is 1.25. The second-order valence-corrected chi connectivity index (χ2v) is 2.85. The molecule has 0 aliphatic rings. The van der Waals surface area contributed by atoms with Crippen molar-refractivity contribution in [1.29, 1.82) is 0 Å². The highest BCUT2D eigenvalue weighted by molar-refractivity contribution is 5.52. The van der Waals surface area contributed by atoms with Crippen LogP contribution in [0.1, 0.15) is 30.5 Å². The number of benzene rings is 1. The topological polar surface area (TPSA) is 26.0 Å². The standard InChI is InChI=1S/C11H15N/c1-3-9-7-5-6-8-10(9)11(12)4-2/h3,5-8,11H,1,4,12H2,2H3/t11-/m0/s1. The lowest BCUT2D eigenvalue weighted by Crippen LogP contribution is -2.09. The maximum atomic E-state index is 5.92. The van der Waals surface area contributed by atoms with E-state index < -0.39 is 0 Å². The molecule has 0 aliphatic carbocycles. The number of nitrogens with two attached hydrogens (primary N) is 1. The third-order valence-electron chi connectivity index (χ3n) is 2.06. The minimum Gasteiger partial charge on any atom is -0.324 e. The molecule has 0 saturated carbocycles. The fourth-order valence-electron chi connectivity index (χ4n) is 1.25. The molecule has 2 N–H and O–H groups in total. The van der Waals surface area contributed by atoms with Gasteiger partial charge in [0.2, 0.25) is 0 Å². The van der Waals surface area contributed by atoms with Gasteiger partial charge in [-0.2, -0.15) is 0 Å². The van der Waals surface area contributed by atoms with Crippen LogP contribution in [0.15, 0.2) is 30.8 Å². The van der Waals surface area contributed by atoms with E-state index in [2.05, 4.69) is 19.6 Å². The summed E-state index contributed by atoms with van der Waals surface area (Å²) in [5.41, 5.74) is 8.26. The number of rotatable bonds is 3. The van der Waals surface area contributed by atoms with Crippen LogP contribution in [0.2, 0.25) is 0 Å². The summed E-state index contributed by atoms with van der Waals surface area (Å²) in [5.74, 6) is 0. The first-order valence-corrected chi connectivity index (χ1v) is 4.26. The lowest BCUT2D eigenvalue weighted by atomic mass is 9.99. The van der Waals surface area contributed by atoms with E-state index in [1.165, 1.54) is 5.56 Å². The number of hydrogen-bond acceptors (Lipinski definition) is 1. The monoisotopic (exact) mass is 161 g/mol. The minimum atomic E-state index is 0.138. The van der Waals surface area contributed by atoms with Gasteiger partial charge in [0.15, 0.2) is 0 Å². The maximum absolute atomic E-state index is 5.92. The molecule has 0 bridgehead atoms. The molecule has 12 heavy (non-hydrogen) atoms. The smallest absolute Gasteiger partial charge is 0.0298 e. The van der Waals surface area contributed by atoms with E-state index in [1.54, 1.807) is 0 Å². The summed E-state index contributed by atoms with van der Waals surface area (Å²) in [5, 5.41) is 0. The van der Waals surface area contributed by atoms with Crippen LogP contribution in [-0.4, -0.2) is 0 Å². The van der Waals surface area contributed by atoms with Gasteiger partial charge in [0.05, 0.1) is 0 Å². The van der Waals surface area contributed by atoms with Gasteiger partial charge in [-0.3, -0.25) is 0 Å². The van der Waals surface area contributed by atoms with E-state index in [-0.39, 0.29) is 6.04 Å². The van der Waals surface area contributed by atoms with E-state index in [4.69, 9.17) is 5.73 Å². The van der Waals surface area contributed by atoms with Crippen molar-refractivity contribution in [2.45, 2.75) is 19.4 Å². The zero-order valence-corrected chi connectivity index (χ0v) is 7.46. The summed E-state index contributed by atoms with van der Waals surface area (Å²) in [6.07, 6.45) is 2.82. The highest BCUT2D eigenvalue weighted by atomic mass is 14.6. The molecule has 0 saturated heterocycles. The van der Waals surface area contributed by atoms with Crippen molar-refractivity contribution in [3.63, 3.8) is 0 Å². The van der Waals surface area contributed by atoms with Crippen molar-refractivity contribution in [1.82, 2.24) is 0 Å². The van der Waals surface area contributed by atoms with Crippen molar-refractivity contribution in [2.24, 2.45) is 5.73 Å². The van der Waals surface area contributed by atoms with E-state index in [9.17, 15) is 0 Å². The molecule has 1 rings (SSSR count). The molecule has 0 spiro atoms. The van der Waals surface area contributed by atoms with Crippen LogP contribution in [0.4, 0.5) is 0 Å². The molecule has 0 heterocycles. The summed E-state index contributed by atoms with van der Waals surface area (Å²) in [4.78, 5) is 0. The van der Waals surface area contributed by atoms with Crippen LogP contribution >= 0.6 is 0 Å². The highest BCUT2D eigenvalue weighted by Gasteiger charge is 2.05. The fraction of sp³-hybridized carbons (Fsp3) is 0.273. The Labute approximate surface area is 73.9 Å². The molecular weight excluding hydrogens is 146 g/mol. The number of hydrogen-bond donors (Lipinski definition) is 1. The maximum Gasteiger partial charge on any atom is 0.0298 e. The molecule has 0 radical (unpaired) electrons. The Balaban J connectivity index is 3.04. The van der Waals surface area contributed by atoms with Gasteiger partial charge >= 0.3 is 0 Å².